The number of unbranched alkanes of at least 4 members (excludes halogenated alkanes) is 1. The van der Waals surface area contributed by atoms with Crippen molar-refractivity contribution in [3.05, 3.63) is 35.4 Å². The summed E-state index contributed by atoms with van der Waals surface area (Å²) in [5, 5.41) is 0. The minimum absolute atomic E-state index is 0.549. The minimum Gasteiger partial charge on any atom is -0.298 e. The summed E-state index contributed by atoms with van der Waals surface area (Å²) in [4.78, 5) is 2.16. The molecule has 1 rings (SSSR count). The van der Waals surface area contributed by atoms with Crippen LogP contribution in [0.1, 0.15) is 25.3 Å². The van der Waals surface area contributed by atoms with Gasteiger partial charge >= 0.3 is 0 Å². The smallest absolute Gasteiger partial charge is 0.159 e. The fraction of sp³-hybridized carbons (Fsp3) is 0.538. The molecule has 0 heterocycles. The maximum absolute atomic E-state index is 13.0. The molecule has 0 aliphatic rings. The summed E-state index contributed by atoms with van der Waals surface area (Å²) in [5.41, 5.74) is 0.783. The Balaban J connectivity index is 2.61. The van der Waals surface area contributed by atoms with Crippen molar-refractivity contribution in [2.75, 3.05) is 19.0 Å². The first-order valence-electron chi connectivity index (χ1n) is 5.89. The lowest BCUT2D eigenvalue weighted by molar-refractivity contribution is 0.276. The molecule has 0 unspecified atom stereocenters. The Labute approximate surface area is 106 Å². The Hall–Kier alpha value is -0.670. The second-order valence-corrected chi connectivity index (χ2v) is 4.45. The third kappa shape index (κ3) is 5.00. The highest BCUT2D eigenvalue weighted by Crippen LogP contribution is 2.11. The van der Waals surface area contributed by atoms with Gasteiger partial charge in [0, 0.05) is 19.0 Å². The third-order valence-electron chi connectivity index (χ3n) is 2.62. The van der Waals surface area contributed by atoms with Crippen LogP contribution in [0.15, 0.2) is 18.2 Å². The monoisotopic (exact) mass is 261 g/mol. The zero-order chi connectivity index (χ0) is 12.7. The van der Waals surface area contributed by atoms with Crippen LogP contribution >= 0.6 is 11.6 Å². The topological polar surface area (TPSA) is 3.24 Å². The van der Waals surface area contributed by atoms with Crippen LogP contribution in [0.2, 0.25) is 0 Å². The molecule has 0 fully saturated rings. The van der Waals surface area contributed by atoms with Crippen LogP contribution in [0.4, 0.5) is 8.78 Å². The first kappa shape index (κ1) is 14.4. The summed E-state index contributed by atoms with van der Waals surface area (Å²) in [6.45, 7) is 4.43. The molecule has 1 nitrogen and oxygen atoms in total. The summed E-state index contributed by atoms with van der Waals surface area (Å²) >= 11 is 5.72. The third-order valence-corrected chi connectivity index (χ3v) is 2.79. The molecule has 1 aromatic carbocycles. The Morgan fingerprint density at radius 3 is 2.53 bits per heavy atom. The van der Waals surface area contributed by atoms with E-state index in [2.05, 4.69) is 11.8 Å². The molecule has 0 saturated carbocycles. The molecule has 96 valence electrons. The Bertz CT molecular complexity index is 344. The van der Waals surface area contributed by atoms with Crippen LogP contribution in [0.3, 0.4) is 0 Å². The molecule has 0 spiro atoms. The molecule has 0 atom stereocenters. The van der Waals surface area contributed by atoms with Crippen molar-refractivity contribution in [1.82, 2.24) is 4.90 Å². The second kappa shape index (κ2) is 7.62. The second-order valence-electron chi connectivity index (χ2n) is 4.07. The SMILES string of the molecule is CCCCN(CCCl)Cc1ccc(F)c(F)c1. The van der Waals surface area contributed by atoms with Crippen molar-refractivity contribution < 1.29 is 8.78 Å². The molecule has 1 aromatic rings. The van der Waals surface area contributed by atoms with Crippen molar-refractivity contribution in [1.29, 1.82) is 0 Å². The number of halogens is 3. The van der Waals surface area contributed by atoms with Crippen LogP contribution in [0, 0.1) is 11.6 Å². The molecule has 0 aliphatic carbocycles. The van der Waals surface area contributed by atoms with E-state index in [-0.39, 0.29) is 0 Å². The number of nitrogens with zero attached hydrogens (tertiary/aromatic N) is 1. The van der Waals surface area contributed by atoms with Crippen molar-refractivity contribution in [3.63, 3.8) is 0 Å². The molecule has 0 saturated heterocycles. The highest BCUT2D eigenvalue weighted by molar-refractivity contribution is 6.18. The van der Waals surface area contributed by atoms with E-state index in [9.17, 15) is 8.78 Å². The molecular weight excluding hydrogens is 244 g/mol. The standard InChI is InChI=1S/C13H18ClF2N/c1-2-3-7-17(8-6-14)10-11-4-5-12(15)13(16)9-11/h4-5,9H,2-3,6-8,10H2,1H3. The molecule has 0 radical (unpaired) electrons. The van der Waals surface area contributed by atoms with Gasteiger partial charge in [0.05, 0.1) is 0 Å². The fourth-order valence-corrected chi connectivity index (χ4v) is 1.91. The summed E-state index contributed by atoms with van der Waals surface area (Å²) in [6, 6.07) is 4.04. The maximum Gasteiger partial charge on any atom is 0.159 e. The molecule has 0 bridgehead atoms. The van der Waals surface area contributed by atoms with Crippen LogP contribution < -0.4 is 0 Å². The van der Waals surface area contributed by atoms with Crippen LogP contribution in [-0.4, -0.2) is 23.9 Å². The van der Waals surface area contributed by atoms with E-state index < -0.39 is 11.6 Å². The van der Waals surface area contributed by atoms with Gasteiger partial charge < -0.3 is 0 Å². The van der Waals surface area contributed by atoms with Crippen LogP contribution in [0.5, 0.6) is 0 Å². The van der Waals surface area contributed by atoms with Gasteiger partial charge in [-0.15, -0.1) is 11.6 Å². The van der Waals surface area contributed by atoms with Gasteiger partial charge in [0.1, 0.15) is 0 Å². The lowest BCUT2D eigenvalue weighted by Gasteiger charge is -2.21. The Morgan fingerprint density at radius 2 is 1.94 bits per heavy atom. The summed E-state index contributed by atoms with van der Waals surface area (Å²) in [5.74, 6) is -1.04. The first-order chi connectivity index (χ1) is 8.17. The summed E-state index contributed by atoms with van der Waals surface area (Å²) < 4.78 is 25.8. The Morgan fingerprint density at radius 1 is 1.18 bits per heavy atom. The summed E-state index contributed by atoms with van der Waals surface area (Å²) in [6.07, 6.45) is 2.19. The minimum atomic E-state index is -0.800. The molecule has 4 heteroatoms. The van der Waals surface area contributed by atoms with Crippen LogP contribution in [0.25, 0.3) is 0 Å². The van der Waals surface area contributed by atoms with Crippen molar-refractivity contribution >= 4 is 11.6 Å². The summed E-state index contributed by atoms with van der Waals surface area (Å²) in [7, 11) is 0. The van der Waals surface area contributed by atoms with Gasteiger partial charge in [0.2, 0.25) is 0 Å². The van der Waals surface area contributed by atoms with E-state index in [4.69, 9.17) is 11.6 Å². The first-order valence-corrected chi connectivity index (χ1v) is 6.43. The van der Waals surface area contributed by atoms with Crippen molar-refractivity contribution in [2.45, 2.75) is 26.3 Å². The number of alkyl halides is 1. The predicted octanol–water partition coefficient (Wildman–Crippen LogP) is 3.81. The molecule has 0 N–H and O–H groups in total. The average Bonchev–Trinajstić information content (AvgIpc) is 2.31. The molecule has 0 amide bonds. The lowest BCUT2D eigenvalue weighted by atomic mass is 10.2. The zero-order valence-electron chi connectivity index (χ0n) is 10.1. The molecule has 0 aliphatic heterocycles. The lowest BCUT2D eigenvalue weighted by Crippen LogP contribution is -2.26. The quantitative estimate of drug-likeness (QED) is 0.675. The largest absolute Gasteiger partial charge is 0.298 e. The highest BCUT2D eigenvalue weighted by Gasteiger charge is 2.07. The van der Waals surface area contributed by atoms with E-state index in [1.807, 2.05) is 0 Å². The van der Waals surface area contributed by atoms with Crippen molar-refractivity contribution in [2.24, 2.45) is 0 Å². The van der Waals surface area contributed by atoms with Gasteiger partial charge in [-0.05, 0) is 30.7 Å². The normalized spacial score (nSPS) is 11.1. The molecular formula is C13H18ClF2N. The van der Waals surface area contributed by atoms with Crippen LogP contribution in [-0.2, 0) is 6.54 Å². The van der Waals surface area contributed by atoms with Gasteiger partial charge in [0.15, 0.2) is 11.6 Å². The van der Waals surface area contributed by atoms with Gasteiger partial charge in [-0.2, -0.15) is 0 Å². The number of hydrogen-bond acceptors (Lipinski definition) is 1. The predicted molar refractivity (Wildman–Crippen MR) is 67.3 cm³/mol. The van der Waals surface area contributed by atoms with E-state index >= 15 is 0 Å². The number of rotatable bonds is 7. The van der Waals surface area contributed by atoms with Gasteiger partial charge in [-0.1, -0.05) is 19.4 Å². The fourth-order valence-electron chi connectivity index (χ4n) is 1.67. The average molecular weight is 262 g/mol. The van der Waals surface area contributed by atoms with E-state index in [1.165, 1.54) is 12.1 Å². The van der Waals surface area contributed by atoms with Gasteiger partial charge in [-0.25, -0.2) is 8.78 Å². The van der Waals surface area contributed by atoms with E-state index in [1.54, 1.807) is 6.07 Å². The van der Waals surface area contributed by atoms with Crippen molar-refractivity contribution in [3.8, 4) is 0 Å². The Kier molecular flexibility index (Phi) is 6.45. The highest BCUT2D eigenvalue weighted by atomic mass is 35.5. The van der Waals surface area contributed by atoms with E-state index in [0.29, 0.717) is 12.4 Å². The molecule has 0 aromatic heterocycles. The van der Waals surface area contributed by atoms with E-state index in [0.717, 1.165) is 31.5 Å². The zero-order valence-corrected chi connectivity index (χ0v) is 10.8. The number of hydrogen-bond donors (Lipinski definition) is 0. The number of benzene rings is 1. The molecule has 17 heavy (non-hydrogen) atoms. The van der Waals surface area contributed by atoms with Gasteiger partial charge in [-0.3, -0.25) is 4.90 Å². The van der Waals surface area contributed by atoms with Gasteiger partial charge in [0.25, 0.3) is 0 Å². The maximum atomic E-state index is 13.0.